The highest BCUT2D eigenvalue weighted by Crippen LogP contribution is 2.23. The molecule has 0 saturated carbocycles. The van der Waals surface area contributed by atoms with Crippen molar-refractivity contribution in [1.29, 1.82) is 0 Å². The summed E-state index contributed by atoms with van der Waals surface area (Å²) in [7, 11) is 0. The summed E-state index contributed by atoms with van der Waals surface area (Å²) in [6, 6.07) is 0. The van der Waals surface area contributed by atoms with Crippen LogP contribution in [0.2, 0.25) is 5.15 Å². The van der Waals surface area contributed by atoms with Gasteiger partial charge in [-0.05, 0) is 19.3 Å². The molecule has 1 aromatic rings. The van der Waals surface area contributed by atoms with Crippen LogP contribution in [0.25, 0.3) is 0 Å². The van der Waals surface area contributed by atoms with Crippen molar-refractivity contribution in [3.63, 3.8) is 0 Å². The Balaban J connectivity index is 2.43. The van der Waals surface area contributed by atoms with Crippen molar-refractivity contribution in [1.82, 2.24) is 9.97 Å². The quantitative estimate of drug-likeness (QED) is 0.604. The van der Waals surface area contributed by atoms with E-state index in [0.717, 1.165) is 18.4 Å². The highest BCUT2D eigenvalue weighted by atomic mass is 35.5. The first kappa shape index (κ1) is 16.0. The highest BCUT2D eigenvalue weighted by Gasteiger charge is 2.25. The topological polar surface area (TPSA) is 37.8 Å². The lowest BCUT2D eigenvalue weighted by Crippen LogP contribution is -2.10. The Labute approximate surface area is 115 Å². The summed E-state index contributed by atoms with van der Waals surface area (Å²) in [5.41, 5.74) is 0.822. The van der Waals surface area contributed by atoms with Crippen molar-refractivity contribution in [3.8, 4) is 0 Å². The minimum atomic E-state index is -4.08. The van der Waals surface area contributed by atoms with E-state index in [4.69, 9.17) is 11.6 Å². The standard InChI is InChI=1S/C12H17ClF3N3/c1-2-5-9-10(13)18-8-19-11(9)17-7-4-3-6-12(14,15)16/h8H,2-7H2,1H3,(H,17,18,19). The van der Waals surface area contributed by atoms with E-state index < -0.39 is 12.6 Å². The summed E-state index contributed by atoms with van der Waals surface area (Å²) in [5.74, 6) is 0.619. The first-order valence-corrected chi connectivity index (χ1v) is 6.62. The van der Waals surface area contributed by atoms with Crippen molar-refractivity contribution in [2.45, 2.75) is 45.2 Å². The normalized spacial score (nSPS) is 11.6. The maximum atomic E-state index is 12.0. The number of anilines is 1. The van der Waals surface area contributed by atoms with E-state index in [1.165, 1.54) is 6.33 Å². The molecule has 0 fully saturated rings. The van der Waals surface area contributed by atoms with E-state index in [1.807, 2.05) is 6.92 Å². The Morgan fingerprint density at radius 3 is 2.63 bits per heavy atom. The second kappa shape index (κ2) is 7.53. The molecule has 1 N–H and O–H groups in total. The molecule has 7 heteroatoms. The number of unbranched alkanes of at least 4 members (excludes halogenated alkanes) is 1. The van der Waals surface area contributed by atoms with Gasteiger partial charge >= 0.3 is 6.18 Å². The van der Waals surface area contributed by atoms with Gasteiger partial charge in [0.2, 0.25) is 0 Å². The molecule has 0 aromatic carbocycles. The predicted octanol–water partition coefficient (Wildman–Crippen LogP) is 4.23. The van der Waals surface area contributed by atoms with Gasteiger partial charge in [-0.3, -0.25) is 0 Å². The van der Waals surface area contributed by atoms with Gasteiger partial charge in [0.1, 0.15) is 17.3 Å². The maximum Gasteiger partial charge on any atom is 0.389 e. The molecule has 0 spiro atoms. The SMILES string of the molecule is CCCc1c(Cl)ncnc1NCCCCC(F)(F)F. The molecule has 0 aliphatic rings. The third-order valence-electron chi connectivity index (χ3n) is 2.57. The van der Waals surface area contributed by atoms with Gasteiger partial charge in [-0.15, -0.1) is 0 Å². The molecule has 0 aliphatic carbocycles. The zero-order chi connectivity index (χ0) is 14.3. The fourth-order valence-electron chi connectivity index (χ4n) is 1.67. The minimum absolute atomic E-state index is 0.110. The number of nitrogens with one attached hydrogen (secondary N) is 1. The second-order valence-electron chi connectivity index (χ2n) is 4.24. The first-order chi connectivity index (χ1) is 8.94. The smallest absolute Gasteiger partial charge is 0.370 e. The molecular weight excluding hydrogens is 279 g/mol. The summed E-state index contributed by atoms with van der Waals surface area (Å²) in [6.45, 7) is 2.45. The van der Waals surface area contributed by atoms with Crippen molar-refractivity contribution < 1.29 is 13.2 Å². The maximum absolute atomic E-state index is 12.0. The lowest BCUT2D eigenvalue weighted by molar-refractivity contribution is -0.135. The minimum Gasteiger partial charge on any atom is -0.370 e. The Hall–Kier alpha value is -1.04. The van der Waals surface area contributed by atoms with Crippen LogP contribution in [-0.2, 0) is 6.42 Å². The van der Waals surface area contributed by atoms with Crippen LogP contribution in [-0.4, -0.2) is 22.7 Å². The zero-order valence-electron chi connectivity index (χ0n) is 10.7. The van der Waals surface area contributed by atoms with Crippen LogP contribution in [0, 0.1) is 0 Å². The summed E-state index contributed by atoms with van der Waals surface area (Å²) in [6.07, 6.45) is -1.29. The molecule has 0 saturated heterocycles. The number of halogens is 4. The monoisotopic (exact) mass is 295 g/mol. The molecule has 0 bridgehead atoms. The van der Waals surface area contributed by atoms with Crippen molar-refractivity contribution >= 4 is 17.4 Å². The molecule has 0 radical (unpaired) electrons. The zero-order valence-corrected chi connectivity index (χ0v) is 11.5. The van der Waals surface area contributed by atoms with Gasteiger partial charge < -0.3 is 5.32 Å². The summed E-state index contributed by atoms with van der Waals surface area (Å²) in [5, 5.41) is 3.42. The molecule has 0 atom stereocenters. The van der Waals surface area contributed by atoms with Crippen LogP contribution in [0.4, 0.5) is 19.0 Å². The van der Waals surface area contributed by atoms with Gasteiger partial charge in [-0.2, -0.15) is 13.2 Å². The van der Waals surface area contributed by atoms with Crippen LogP contribution in [0.5, 0.6) is 0 Å². The van der Waals surface area contributed by atoms with E-state index in [1.54, 1.807) is 0 Å². The molecule has 0 amide bonds. The van der Waals surface area contributed by atoms with Crippen molar-refractivity contribution in [3.05, 3.63) is 17.0 Å². The average molecular weight is 296 g/mol. The molecule has 1 heterocycles. The molecule has 108 valence electrons. The molecular formula is C12H17ClF3N3. The van der Waals surface area contributed by atoms with Gasteiger partial charge in [-0.25, -0.2) is 9.97 Å². The third kappa shape index (κ3) is 6.09. The summed E-state index contributed by atoms with van der Waals surface area (Å²) in [4.78, 5) is 7.98. The molecule has 19 heavy (non-hydrogen) atoms. The lowest BCUT2D eigenvalue weighted by atomic mass is 10.2. The molecule has 3 nitrogen and oxygen atoms in total. The highest BCUT2D eigenvalue weighted by molar-refractivity contribution is 6.30. The second-order valence-corrected chi connectivity index (χ2v) is 4.60. The molecule has 1 aromatic heterocycles. The van der Waals surface area contributed by atoms with E-state index in [2.05, 4.69) is 15.3 Å². The van der Waals surface area contributed by atoms with Gasteiger partial charge in [0, 0.05) is 18.5 Å². The Morgan fingerprint density at radius 2 is 2.00 bits per heavy atom. The van der Waals surface area contributed by atoms with Crippen molar-refractivity contribution in [2.75, 3.05) is 11.9 Å². The Bertz CT molecular complexity index is 396. The van der Waals surface area contributed by atoms with Gasteiger partial charge in [0.05, 0.1) is 0 Å². The van der Waals surface area contributed by atoms with Crippen LogP contribution < -0.4 is 5.32 Å². The van der Waals surface area contributed by atoms with E-state index in [-0.39, 0.29) is 6.42 Å². The van der Waals surface area contributed by atoms with Crippen LogP contribution in [0.1, 0.15) is 38.2 Å². The number of hydrogen-bond acceptors (Lipinski definition) is 3. The number of aromatic nitrogens is 2. The number of hydrogen-bond donors (Lipinski definition) is 1. The largest absolute Gasteiger partial charge is 0.389 e. The van der Waals surface area contributed by atoms with Gasteiger partial charge in [0.25, 0.3) is 0 Å². The fraction of sp³-hybridized carbons (Fsp3) is 0.667. The van der Waals surface area contributed by atoms with Crippen LogP contribution in [0.3, 0.4) is 0 Å². The first-order valence-electron chi connectivity index (χ1n) is 6.24. The summed E-state index contributed by atoms with van der Waals surface area (Å²) < 4.78 is 35.9. The third-order valence-corrected chi connectivity index (χ3v) is 2.90. The molecule has 0 unspecified atom stereocenters. The predicted molar refractivity (Wildman–Crippen MR) is 69.4 cm³/mol. The van der Waals surface area contributed by atoms with Gasteiger partial charge in [-0.1, -0.05) is 24.9 Å². The fourth-order valence-corrected chi connectivity index (χ4v) is 1.90. The van der Waals surface area contributed by atoms with Crippen LogP contribution >= 0.6 is 11.6 Å². The lowest BCUT2D eigenvalue weighted by Gasteiger charge is -2.11. The number of nitrogens with zero attached hydrogens (tertiary/aromatic N) is 2. The van der Waals surface area contributed by atoms with Crippen molar-refractivity contribution in [2.24, 2.45) is 0 Å². The number of alkyl halides is 3. The van der Waals surface area contributed by atoms with Gasteiger partial charge in [0.15, 0.2) is 0 Å². The molecule has 1 rings (SSSR count). The number of rotatable bonds is 7. The average Bonchev–Trinajstić information content (AvgIpc) is 2.31. The summed E-state index contributed by atoms with van der Waals surface area (Å²) >= 11 is 5.97. The van der Waals surface area contributed by atoms with E-state index in [0.29, 0.717) is 23.9 Å². The van der Waals surface area contributed by atoms with E-state index in [9.17, 15) is 13.2 Å². The molecule has 0 aliphatic heterocycles. The Kier molecular flexibility index (Phi) is 6.34. The Morgan fingerprint density at radius 1 is 1.26 bits per heavy atom. The van der Waals surface area contributed by atoms with Crippen LogP contribution in [0.15, 0.2) is 6.33 Å². The van der Waals surface area contributed by atoms with E-state index >= 15 is 0 Å².